The Kier molecular flexibility index (Phi) is 3.83. The third kappa shape index (κ3) is 2.48. The van der Waals surface area contributed by atoms with Crippen LogP contribution < -0.4 is 5.32 Å². The number of nitrogens with one attached hydrogen (secondary N) is 1. The number of aryl methyl sites for hydroxylation is 1. The van der Waals surface area contributed by atoms with Gasteiger partial charge in [0.05, 0.1) is 5.92 Å². The largest absolute Gasteiger partial charge is 0.339 e. The highest BCUT2D eigenvalue weighted by atomic mass is 16.5. The van der Waals surface area contributed by atoms with Crippen LogP contribution in [-0.2, 0) is 0 Å². The van der Waals surface area contributed by atoms with Gasteiger partial charge in [-0.25, -0.2) is 0 Å². The van der Waals surface area contributed by atoms with E-state index in [2.05, 4.69) is 28.4 Å². The topological polar surface area (TPSA) is 51.0 Å². The summed E-state index contributed by atoms with van der Waals surface area (Å²) in [5, 5.41) is 7.56. The first-order valence-electron chi connectivity index (χ1n) is 7.36. The Bertz CT molecular complexity index is 579. The van der Waals surface area contributed by atoms with Crippen LogP contribution in [0.1, 0.15) is 43.1 Å². The molecule has 1 aliphatic carbocycles. The summed E-state index contributed by atoms with van der Waals surface area (Å²) in [6.45, 7) is 2.07. The molecular weight excluding hydrogens is 250 g/mol. The molecule has 1 N–H and O–H groups in total. The Morgan fingerprint density at radius 1 is 1.20 bits per heavy atom. The van der Waals surface area contributed by atoms with Crippen LogP contribution in [-0.4, -0.2) is 23.2 Å². The van der Waals surface area contributed by atoms with Gasteiger partial charge in [-0.05, 0) is 32.4 Å². The molecule has 2 atom stereocenters. The van der Waals surface area contributed by atoms with Crippen molar-refractivity contribution < 1.29 is 4.52 Å². The molecule has 1 heterocycles. The standard InChI is InChI=1S/C16H21N3O/c1-11-7-3-4-8-12(11)15-18-16(20-19-15)13-9-5-6-10-14(13)17-2/h3-4,7-8,13-14,17H,5-6,9-10H2,1-2H3. The minimum Gasteiger partial charge on any atom is -0.339 e. The molecule has 4 nitrogen and oxygen atoms in total. The van der Waals surface area contributed by atoms with Crippen molar-refractivity contribution in [3.63, 3.8) is 0 Å². The van der Waals surface area contributed by atoms with Crippen molar-refractivity contribution in [3.05, 3.63) is 35.7 Å². The fraction of sp³-hybridized carbons (Fsp3) is 0.500. The van der Waals surface area contributed by atoms with E-state index in [9.17, 15) is 0 Å². The van der Waals surface area contributed by atoms with Crippen LogP contribution in [0.4, 0.5) is 0 Å². The maximum Gasteiger partial charge on any atom is 0.231 e. The molecule has 1 fully saturated rings. The van der Waals surface area contributed by atoms with Gasteiger partial charge in [0.25, 0.3) is 0 Å². The Balaban J connectivity index is 1.88. The molecule has 0 saturated heterocycles. The zero-order chi connectivity index (χ0) is 13.9. The van der Waals surface area contributed by atoms with Gasteiger partial charge in [0, 0.05) is 11.6 Å². The first kappa shape index (κ1) is 13.3. The van der Waals surface area contributed by atoms with Crippen LogP contribution in [0.25, 0.3) is 11.4 Å². The van der Waals surface area contributed by atoms with E-state index in [1.165, 1.54) is 24.8 Å². The summed E-state index contributed by atoms with van der Waals surface area (Å²) in [5.41, 5.74) is 2.23. The van der Waals surface area contributed by atoms with E-state index >= 15 is 0 Å². The van der Waals surface area contributed by atoms with E-state index < -0.39 is 0 Å². The van der Waals surface area contributed by atoms with Gasteiger partial charge in [-0.2, -0.15) is 4.98 Å². The number of rotatable bonds is 3. The van der Waals surface area contributed by atoms with Crippen LogP contribution >= 0.6 is 0 Å². The van der Waals surface area contributed by atoms with E-state index in [1.807, 2.05) is 25.2 Å². The number of hydrogen-bond acceptors (Lipinski definition) is 4. The normalized spacial score (nSPS) is 22.9. The second-order valence-corrected chi connectivity index (χ2v) is 5.56. The van der Waals surface area contributed by atoms with Crippen molar-refractivity contribution in [3.8, 4) is 11.4 Å². The second kappa shape index (κ2) is 5.75. The zero-order valence-corrected chi connectivity index (χ0v) is 12.1. The van der Waals surface area contributed by atoms with Gasteiger partial charge in [-0.15, -0.1) is 0 Å². The molecule has 4 heteroatoms. The van der Waals surface area contributed by atoms with Crippen molar-refractivity contribution in [1.29, 1.82) is 0 Å². The summed E-state index contributed by atoms with van der Waals surface area (Å²) in [4.78, 5) is 4.65. The lowest BCUT2D eigenvalue weighted by atomic mass is 9.84. The van der Waals surface area contributed by atoms with Crippen molar-refractivity contribution in [2.75, 3.05) is 7.05 Å². The van der Waals surface area contributed by atoms with Crippen LogP contribution in [0.2, 0.25) is 0 Å². The molecule has 0 radical (unpaired) electrons. The molecule has 3 rings (SSSR count). The molecule has 1 aromatic heterocycles. The maximum atomic E-state index is 5.54. The van der Waals surface area contributed by atoms with Gasteiger partial charge in [0.1, 0.15) is 0 Å². The zero-order valence-electron chi connectivity index (χ0n) is 12.1. The number of hydrogen-bond donors (Lipinski definition) is 1. The molecule has 1 aromatic carbocycles. The minimum absolute atomic E-state index is 0.346. The third-order valence-electron chi connectivity index (χ3n) is 4.28. The van der Waals surface area contributed by atoms with E-state index in [0.29, 0.717) is 17.8 Å². The molecule has 0 aliphatic heterocycles. The van der Waals surface area contributed by atoms with E-state index in [-0.39, 0.29) is 0 Å². The lowest BCUT2D eigenvalue weighted by Gasteiger charge is -2.28. The van der Waals surface area contributed by atoms with E-state index in [0.717, 1.165) is 17.9 Å². The Labute approximate surface area is 119 Å². The fourth-order valence-electron chi connectivity index (χ4n) is 3.09. The molecule has 0 bridgehead atoms. The molecule has 1 aliphatic rings. The number of benzene rings is 1. The molecule has 20 heavy (non-hydrogen) atoms. The quantitative estimate of drug-likeness (QED) is 0.930. The van der Waals surface area contributed by atoms with Gasteiger partial charge in [-0.1, -0.05) is 42.3 Å². The van der Waals surface area contributed by atoms with Crippen LogP contribution in [0.15, 0.2) is 28.8 Å². The fourth-order valence-corrected chi connectivity index (χ4v) is 3.09. The van der Waals surface area contributed by atoms with Crippen LogP contribution in [0.3, 0.4) is 0 Å². The summed E-state index contributed by atoms with van der Waals surface area (Å²) < 4.78 is 5.54. The Morgan fingerprint density at radius 2 is 2.00 bits per heavy atom. The van der Waals surface area contributed by atoms with Gasteiger partial charge in [-0.3, -0.25) is 0 Å². The molecule has 1 saturated carbocycles. The predicted molar refractivity (Wildman–Crippen MR) is 78.5 cm³/mol. The van der Waals surface area contributed by atoms with E-state index in [4.69, 9.17) is 4.52 Å². The second-order valence-electron chi connectivity index (χ2n) is 5.56. The summed E-state index contributed by atoms with van der Waals surface area (Å²) in [6.07, 6.45) is 4.83. The minimum atomic E-state index is 0.346. The molecule has 0 spiro atoms. The Morgan fingerprint density at radius 3 is 2.80 bits per heavy atom. The van der Waals surface area contributed by atoms with Gasteiger partial charge in [0.15, 0.2) is 0 Å². The van der Waals surface area contributed by atoms with Gasteiger partial charge >= 0.3 is 0 Å². The first-order valence-corrected chi connectivity index (χ1v) is 7.36. The number of likely N-dealkylation sites (N-methyl/N-ethyl adjacent to an activating group) is 1. The number of aromatic nitrogens is 2. The predicted octanol–water partition coefficient (Wildman–Crippen LogP) is 3.29. The monoisotopic (exact) mass is 271 g/mol. The summed E-state index contributed by atoms with van der Waals surface area (Å²) in [7, 11) is 2.02. The molecule has 0 amide bonds. The Hall–Kier alpha value is -1.68. The van der Waals surface area contributed by atoms with Gasteiger partial charge in [0.2, 0.25) is 11.7 Å². The first-order chi connectivity index (χ1) is 9.79. The average Bonchev–Trinajstić information content (AvgIpc) is 2.97. The number of nitrogens with zero attached hydrogens (tertiary/aromatic N) is 2. The highest BCUT2D eigenvalue weighted by molar-refractivity contribution is 5.59. The molecular formula is C16H21N3O. The summed E-state index contributed by atoms with van der Waals surface area (Å²) in [6, 6.07) is 8.60. The third-order valence-corrected chi connectivity index (χ3v) is 4.28. The van der Waals surface area contributed by atoms with Crippen LogP contribution in [0, 0.1) is 6.92 Å². The lowest BCUT2D eigenvalue weighted by Crippen LogP contribution is -2.34. The van der Waals surface area contributed by atoms with Crippen LogP contribution in [0.5, 0.6) is 0 Å². The lowest BCUT2D eigenvalue weighted by molar-refractivity contribution is 0.270. The summed E-state index contributed by atoms with van der Waals surface area (Å²) in [5.74, 6) is 1.83. The van der Waals surface area contributed by atoms with Crippen molar-refractivity contribution in [1.82, 2.24) is 15.5 Å². The molecule has 2 unspecified atom stereocenters. The smallest absolute Gasteiger partial charge is 0.231 e. The average molecular weight is 271 g/mol. The van der Waals surface area contributed by atoms with Gasteiger partial charge < -0.3 is 9.84 Å². The van der Waals surface area contributed by atoms with Crippen molar-refractivity contribution in [2.24, 2.45) is 0 Å². The highest BCUT2D eigenvalue weighted by Gasteiger charge is 2.30. The van der Waals surface area contributed by atoms with Crippen molar-refractivity contribution >= 4 is 0 Å². The van der Waals surface area contributed by atoms with E-state index in [1.54, 1.807) is 0 Å². The maximum absolute atomic E-state index is 5.54. The molecule has 106 valence electrons. The highest BCUT2D eigenvalue weighted by Crippen LogP contribution is 2.33. The molecule has 2 aromatic rings. The summed E-state index contributed by atoms with van der Waals surface area (Å²) >= 11 is 0. The SMILES string of the molecule is CNC1CCCCC1c1nc(-c2ccccc2C)no1. The van der Waals surface area contributed by atoms with Crippen molar-refractivity contribution in [2.45, 2.75) is 44.6 Å².